The van der Waals surface area contributed by atoms with E-state index >= 15 is 0 Å². The van der Waals surface area contributed by atoms with Crippen LogP contribution < -0.4 is 4.74 Å². The van der Waals surface area contributed by atoms with Crippen LogP contribution in [0.25, 0.3) is 6.08 Å². The predicted molar refractivity (Wildman–Crippen MR) is 126 cm³/mol. The van der Waals surface area contributed by atoms with Gasteiger partial charge in [0.25, 0.3) is 11.1 Å². The number of morpholine rings is 1. The second-order valence-electron chi connectivity index (χ2n) is 7.23. The summed E-state index contributed by atoms with van der Waals surface area (Å²) in [5.41, 5.74) is 1.07. The predicted octanol–water partition coefficient (Wildman–Crippen LogP) is 3.56. The molecule has 0 aliphatic carbocycles. The Kier molecular flexibility index (Phi) is 7.26. The Bertz CT molecular complexity index is 1130. The minimum Gasteiger partial charge on any atom is -0.423 e. The van der Waals surface area contributed by atoms with Crippen LogP contribution in [0, 0.1) is 0 Å². The smallest absolute Gasteiger partial charge is 0.343 e. The van der Waals surface area contributed by atoms with Gasteiger partial charge in [0.05, 0.1) is 23.7 Å². The maximum absolute atomic E-state index is 12.7. The van der Waals surface area contributed by atoms with E-state index in [9.17, 15) is 19.2 Å². The van der Waals surface area contributed by atoms with E-state index in [1.54, 1.807) is 53.4 Å². The zero-order chi connectivity index (χ0) is 23.4. The summed E-state index contributed by atoms with van der Waals surface area (Å²) in [6, 6.07) is 13.4. The summed E-state index contributed by atoms with van der Waals surface area (Å²) in [6.07, 6.45) is 1.57. The highest BCUT2D eigenvalue weighted by Crippen LogP contribution is 2.32. The van der Waals surface area contributed by atoms with Crippen LogP contribution >= 0.6 is 27.7 Å². The van der Waals surface area contributed by atoms with Gasteiger partial charge in [-0.05, 0) is 53.7 Å². The first-order valence-electron chi connectivity index (χ1n) is 10.1. The van der Waals surface area contributed by atoms with Gasteiger partial charge in [-0.3, -0.25) is 19.3 Å². The Morgan fingerprint density at radius 3 is 2.52 bits per heavy atom. The third-order valence-corrected chi connectivity index (χ3v) is 6.38. The van der Waals surface area contributed by atoms with E-state index in [1.807, 2.05) is 6.07 Å². The van der Waals surface area contributed by atoms with Crippen molar-refractivity contribution in [3.63, 3.8) is 0 Å². The summed E-state index contributed by atoms with van der Waals surface area (Å²) in [5, 5.41) is -0.479. The van der Waals surface area contributed by atoms with Crippen molar-refractivity contribution < 1.29 is 28.7 Å². The van der Waals surface area contributed by atoms with Crippen LogP contribution in [0.3, 0.4) is 0 Å². The maximum Gasteiger partial charge on any atom is 0.343 e. The molecule has 0 atom stereocenters. The van der Waals surface area contributed by atoms with Gasteiger partial charge in [0.15, 0.2) is 0 Å². The van der Waals surface area contributed by atoms with Gasteiger partial charge >= 0.3 is 5.97 Å². The molecular formula is C23H19BrN2O6S. The molecule has 170 valence electrons. The lowest BCUT2D eigenvalue weighted by Crippen LogP contribution is -2.46. The molecule has 0 aromatic heterocycles. The lowest BCUT2D eigenvalue weighted by Gasteiger charge is -2.28. The lowest BCUT2D eigenvalue weighted by molar-refractivity contribution is -0.139. The number of rotatable bonds is 5. The quantitative estimate of drug-likeness (QED) is 0.331. The van der Waals surface area contributed by atoms with Crippen molar-refractivity contribution >= 4 is 56.8 Å². The molecule has 2 heterocycles. The number of carbonyl (C=O) groups excluding carboxylic acids is 4. The van der Waals surface area contributed by atoms with Crippen molar-refractivity contribution in [1.29, 1.82) is 0 Å². The van der Waals surface area contributed by atoms with E-state index in [-0.39, 0.29) is 17.4 Å². The number of imide groups is 1. The molecule has 0 saturated carbocycles. The summed E-state index contributed by atoms with van der Waals surface area (Å²) in [5.74, 6) is -0.924. The number of thioether (sulfide) groups is 1. The van der Waals surface area contributed by atoms with Gasteiger partial charge in [0, 0.05) is 17.6 Å². The number of ether oxygens (including phenoxy) is 2. The normalized spacial score (nSPS) is 17.5. The fraction of sp³-hybridized carbons (Fsp3) is 0.217. The van der Waals surface area contributed by atoms with Crippen molar-refractivity contribution in [2.24, 2.45) is 0 Å². The first kappa shape index (κ1) is 23.2. The Morgan fingerprint density at radius 2 is 1.82 bits per heavy atom. The third-order valence-electron chi connectivity index (χ3n) is 4.98. The molecule has 0 bridgehead atoms. The highest BCUT2D eigenvalue weighted by Gasteiger charge is 2.37. The van der Waals surface area contributed by atoms with Gasteiger partial charge in [-0.25, -0.2) is 4.79 Å². The summed E-state index contributed by atoms with van der Waals surface area (Å²) in [6.45, 7) is 1.50. The van der Waals surface area contributed by atoms with Crippen molar-refractivity contribution in [3.8, 4) is 5.75 Å². The molecule has 4 rings (SSSR count). The van der Waals surface area contributed by atoms with Crippen molar-refractivity contribution in [3.05, 3.63) is 69.0 Å². The van der Waals surface area contributed by atoms with Gasteiger partial charge in [0.2, 0.25) is 5.91 Å². The molecule has 3 amide bonds. The number of carbonyl (C=O) groups is 4. The number of hydrogen-bond acceptors (Lipinski definition) is 7. The summed E-state index contributed by atoms with van der Waals surface area (Å²) >= 11 is 4.11. The van der Waals surface area contributed by atoms with Gasteiger partial charge in [-0.15, -0.1) is 0 Å². The van der Waals surface area contributed by atoms with Crippen molar-refractivity contribution in [2.45, 2.75) is 0 Å². The number of nitrogens with zero attached hydrogens (tertiary/aromatic N) is 2. The molecule has 33 heavy (non-hydrogen) atoms. The maximum atomic E-state index is 12.7. The minimum absolute atomic E-state index is 0.230. The molecule has 10 heteroatoms. The fourth-order valence-corrected chi connectivity index (χ4v) is 4.49. The van der Waals surface area contributed by atoms with E-state index in [2.05, 4.69) is 15.9 Å². The van der Waals surface area contributed by atoms with Crippen LogP contribution in [0.2, 0.25) is 0 Å². The van der Waals surface area contributed by atoms with Crippen molar-refractivity contribution in [1.82, 2.24) is 9.80 Å². The van der Waals surface area contributed by atoms with Crippen LogP contribution in [0.5, 0.6) is 5.75 Å². The Labute approximate surface area is 202 Å². The number of benzene rings is 2. The molecule has 0 N–H and O–H groups in total. The molecule has 2 aliphatic heterocycles. The zero-order valence-corrected chi connectivity index (χ0v) is 19.8. The topological polar surface area (TPSA) is 93.2 Å². The second kappa shape index (κ2) is 10.3. The Morgan fingerprint density at radius 1 is 1.09 bits per heavy atom. The van der Waals surface area contributed by atoms with Gasteiger partial charge in [0.1, 0.15) is 12.3 Å². The Balaban J connectivity index is 1.39. The molecule has 0 spiro atoms. The van der Waals surface area contributed by atoms with Crippen LogP contribution in [0.1, 0.15) is 15.9 Å². The minimum atomic E-state index is -0.503. The fourth-order valence-electron chi connectivity index (χ4n) is 3.25. The average molecular weight is 531 g/mol. The molecule has 8 nitrogen and oxygen atoms in total. The average Bonchev–Trinajstić information content (AvgIpc) is 3.08. The highest BCUT2D eigenvalue weighted by atomic mass is 79.9. The first-order valence-corrected chi connectivity index (χ1v) is 11.7. The summed E-state index contributed by atoms with van der Waals surface area (Å²) in [4.78, 5) is 52.4. The zero-order valence-electron chi connectivity index (χ0n) is 17.4. The van der Waals surface area contributed by atoms with E-state index < -0.39 is 17.1 Å². The van der Waals surface area contributed by atoms with Crippen molar-refractivity contribution in [2.75, 3.05) is 32.8 Å². The third kappa shape index (κ3) is 5.70. The van der Waals surface area contributed by atoms with Gasteiger partial charge < -0.3 is 14.4 Å². The lowest BCUT2D eigenvalue weighted by atomic mass is 10.2. The standard InChI is InChI=1S/C23H19BrN2O6S/c24-17-3-1-2-16(13-17)22(29)32-18-6-4-15(5-7-18)12-19-21(28)26(23(30)33-19)14-20(27)25-8-10-31-11-9-25/h1-7,12-13H,8-11,14H2/b19-12-. The number of amides is 3. The molecule has 2 aliphatic rings. The van der Waals surface area contributed by atoms with Crippen LogP contribution in [-0.4, -0.2) is 65.7 Å². The van der Waals surface area contributed by atoms with E-state index in [0.29, 0.717) is 43.2 Å². The monoisotopic (exact) mass is 530 g/mol. The van der Waals surface area contributed by atoms with Gasteiger partial charge in [-0.1, -0.05) is 34.1 Å². The van der Waals surface area contributed by atoms with Crippen LogP contribution in [0.15, 0.2) is 57.9 Å². The van der Waals surface area contributed by atoms with Crippen LogP contribution in [0.4, 0.5) is 4.79 Å². The molecular weight excluding hydrogens is 512 g/mol. The number of halogens is 1. The molecule has 2 fully saturated rings. The highest BCUT2D eigenvalue weighted by molar-refractivity contribution is 9.10. The molecule has 0 radical (unpaired) electrons. The van der Waals surface area contributed by atoms with Crippen LogP contribution in [-0.2, 0) is 14.3 Å². The molecule has 2 saturated heterocycles. The number of esters is 1. The second-order valence-corrected chi connectivity index (χ2v) is 9.14. The van der Waals surface area contributed by atoms with E-state index in [4.69, 9.17) is 9.47 Å². The van der Waals surface area contributed by atoms with E-state index in [0.717, 1.165) is 21.1 Å². The molecule has 2 aromatic rings. The SMILES string of the molecule is O=C(Oc1ccc(/C=C2\SC(=O)N(CC(=O)N3CCOCC3)C2=O)cc1)c1cccc(Br)c1. The van der Waals surface area contributed by atoms with Gasteiger partial charge in [-0.2, -0.15) is 0 Å². The number of hydrogen-bond donors (Lipinski definition) is 0. The molecule has 2 aromatic carbocycles. The van der Waals surface area contributed by atoms with E-state index in [1.165, 1.54) is 0 Å². The molecule has 0 unspecified atom stereocenters. The Hall–Kier alpha value is -2.95. The largest absolute Gasteiger partial charge is 0.423 e. The summed E-state index contributed by atoms with van der Waals surface area (Å²) in [7, 11) is 0. The first-order chi connectivity index (χ1) is 15.9. The summed E-state index contributed by atoms with van der Waals surface area (Å²) < 4.78 is 11.4.